The number of hydrogen-bond donors (Lipinski definition) is 0. The van der Waals surface area contributed by atoms with E-state index >= 15 is 0 Å². The number of anilines is 3. The number of aromatic nitrogens is 3. The van der Waals surface area contributed by atoms with E-state index in [-0.39, 0.29) is 0 Å². The topological polar surface area (TPSA) is 34.0 Å². The van der Waals surface area contributed by atoms with Crippen LogP contribution in [0, 0.1) is 20.8 Å². The molecule has 4 nitrogen and oxygen atoms in total. The summed E-state index contributed by atoms with van der Waals surface area (Å²) in [7, 11) is 0. The summed E-state index contributed by atoms with van der Waals surface area (Å²) in [6.45, 7) is 6.46. The van der Waals surface area contributed by atoms with Gasteiger partial charge < -0.3 is 9.47 Å². The standard InChI is InChI=1S/C61H46N4/c1-41-16-10-12-22-53(41)58-40-57(62-61(63-58)54-23-13-11-17-42(54)2)46-28-26-44(27-29-46)47-32-36-52(43(3)38-47)45-30-33-50(34-31-45)65-59-25-15-14-24-55(59)56-39-51(35-37-60(56)65)64(48-18-6-4-7-19-48)49-20-8-5-9-21-49/h4-40H,1-3H3. The fraction of sp³-hybridized carbons (Fsp3) is 0.0492. The third-order valence-electron chi connectivity index (χ3n) is 12.7. The molecule has 0 saturated carbocycles. The highest BCUT2D eigenvalue weighted by molar-refractivity contribution is 6.10. The Morgan fingerprint density at radius 2 is 0.892 bits per heavy atom. The normalized spacial score (nSPS) is 11.3. The Morgan fingerprint density at radius 3 is 1.57 bits per heavy atom. The minimum absolute atomic E-state index is 0.737. The molecule has 0 amide bonds. The molecule has 0 atom stereocenters. The maximum atomic E-state index is 5.12. The number of rotatable bonds is 9. The van der Waals surface area contributed by atoms with Crippen molar-refractivity contribution in [3.63, 3.8) is 0 Å². The monoisotopic (exact) mass is 834 g/mol. The van der Waals surface area contributed by atoms with Crippen molar-refractivity contribution in [1.82, 2.24) is 14.5 Å². The summed E-state index contributed by atoms with van der Waals surface area (Å²) in [5, 5.41) is 2.44. The minimum Gasteiger partial charge on any atom is -0.310 e. The average molecular weight is 835 g/mol. The van der Waals surface area contributed by atoms with E-state index in [4.69, 9.17) is 9.97 Å². The second-order valence-corrected chi connectivity index (χ2v) is 16.8. The fourth-order valence-electron chi connectivity index (χ4n) is 9.31. The molecule has 0 N–H and O–H groups in total. The molecule has 0 aliphatic heterocycles. The maximum absolute atomic E-state index is 5.12. The van der Waals surface area contributed by atoms with E-state index in [1.165, 1.54) is 49.6 Å². The maximum Gasteiger partial charge on any atom is 0.160 e. The van der Waals surface area contributed by atoms with E-state index in [2.05, 4.69) is 255 Å². The lowest BCUT2D eigenvalue weighted by Gasteiger charge is -2.25. The molecule has 310 valence electrons. The van der Waals surface area contributed by atoms with Crippen molar-refractivity contribution in [3.8, 4) is 61.8 Å². The van der Waals surface area contributed by atoms with Gasteiger partial charge in [-0.3, -0.25) is 0 Å². The van der Waals surface area contributed by atoms with Gasteiger partial charge in [0.1, 0.15) is 0 Å². The van der Waals surface area contributed by atoms with Crippen LogP contribution in [0.5, 0.6) is 0 Å². The minimum atomic E-state index is 0.737. The van der Waals surface area contributed by atoms with Gasteiger partial charge in [-0.25, -0.2) is 9.97 Å². The van der Waals surface area contributed by atoms with Crippen molar-refractivity contribution in [2.45, 2.75) is 20.8 Å². The lowest BCUT2D eigenvalue weighted by Crippen LogP contribution is -2.09. The highest BCUT2D eigenvalue weighted by Crippen LogP contribution is 2.40. The van der Waals surface area contributed by atoms with E-state index in [9.17, 15) is 0 Å². The van der Waals surface area contributed by atoms with Crippen molar-refractivity contribution in [2.75, 3.05) is 4.90 Å². The van der Waals surface area contributed by atoms with Gasteiger partial charge in [0.05, 0.1) is 22.4 Å². The van der Waals surface area contributed by atoms with Crippen LogP contribution in [0.25, 0.3) is 83.6 Å². The molecular formula is C61H46N4. The summed E-state index contributed by atoms with van der Waals surface area (Å²) in [5.74, 6) is 0.737. The van der Waals surface area contributed by atoms with Crippen LogP contribution < -0.4 is 4.90 Å². The van der Waals surface area contributed by atoms with Crippen molar-refractivity contribution in [3.05, 3.63) is 241 Å². The quantitative estimate of drug-likeness (QED) is 0.145. The van der Waals surface area contributed by atoms with E-state index < -0.39 is 0 Å². The van der Waals surface area contributed by atoms with E-state index in [1.54, 1.807) is 0 Å². The number of hydrogen-bond acceptors (Lipinski definition) is 3. The van der Waals surface area contributed by atoms with Crippen LogP contribution >= 0.6 is 0 Å². The summed E-state index contributed by atoms with van der Waals surface area (Å²) in [5.41, 5.74) is 20.2. The predicted octanol–water partition coefficient (Wildman–Crippen LogP) is 16.3. The first-order valence-electron chi connectivity index (χ1n) is 22.2. The summed E-state index contributed by atoms with van der Waals surface area (Å²) in [4.78, 5) is 12.5. The van der Waals surface area contributed by atoms with Crippen molar-refractivity contribution in [1.29, 1.82) is 0 Å². The highest BCUT2D eigenvalue weighted by Gasteiger charge is 2.18. The van der Waals surface area contributed by atoms with Crippen molar-refractivity contribution >= 4 is 38.9 Å². The Hall–Kier alpha value is -8.34. The molecule has 9 aromatic carbocycles. The van der Waals surface area contributed by atoms with Crippen molar-refractivity contribution < 1.29 is 0 Å². The van der Waals surface area contributed by atoms with Gasteiger partial charge in [-0.1, -0.05) is 158 Å². The zero-order valence-electron chi connectivity index (χ0n) is 36.7. The average Bonchev–Trinajstić information content (AvgIpc) is 3.69. The summed E-state index contributed by atoms with van der Waals surface area (Å²) in [6.07, 6.45) is 0. The molecule has 0 bridgehead atoms. The largest absolute Gasteiger partial charge is 0.310 e. The zero-order valence-corrected chi connectivity index (χ0v) is 36.7. The molecule has 0 saturated heterocycles. The molecule has 0 spiro atoms. The number of benzene rings is 9. The lowest BCUT2D eigenvalue weighted by molar-refractivity contribution is 1.17. The van der Waals surface area contributed by atoms with Crippen molar-refractivity contribution in [2.24, 2.45) is 0 Å². The molecule has 0 aliphatic carbocycles. The first-order chi connectivity index (χ1) is 32.0. The molecule has 11 rings (SSSR count). The summed E-state index contributed by atoms with van der Waals surface area (Å²) < 4.78 is 2.39. The fourth-order valence-corrected chi connectivity index (χ4v) is 9.31. The van der Waals surface area contributed by atoms with E-state index in [1.807, 2.05) is 0 Å². The van der Waals surface area contributed by atoms with Gasteiger partial charge in [0, 0.05) is 50.2 Å². The highest BCUT2D eigenvalue weighted by atomic mass is 15.1. The Balaban J connectivity index is 0.891. The third-order valence-corrected chi connectivity index (χ3v) is 12.7. The Labute approximate surface area is 380 Å². The van der Waals surface area contributed by atoms with Crippen LogP contribution in [0.1, 0.15) is 16.7 Å². The summed E-state index contributed by atoms with van der Waals surface area (Å²) >= 11 is 0. The van der Waals surface area contributed by atoms with Crippen LogP contribution in [-0.4, -0.2) is 14.5 Å². The molecule has 11 aromatic rings. The molecule has 65 heavy (non-hydrogen) atoms. The molecule has 2 heterocycles. The van der Waals surface area contributed by atoms with E-state index in [0.717, 1.165) is 67.8 Å². The second kappa shape index (κ2) is 16.7. The number of nitrogens with zero attached hydrogens (tertiary/aromatic N) is 4. The molecular weight excluding hydrogens is 789 g/mol. The van der Waals surface area contributed by atoms with E-state index in [0.29, 0.717) is 0 Å². The van der Waals surface area contributed by atoms with Crippen LogP contribution in [-0.2, 0) is 0 Å². The Morgan fingerprint density at radius 1 is 0.338 bits per heavy atom. The van der Waals surface area contributed by atoms with Gasteiger partial charge >= 0.3 is 0 Å². The van der Waals surface area contributed by atoms with Crippen LogP contribution in [0.15, 0.2) is 224 Å². The molecule has 4 heteroatoms. The molecule has 2 aromatic heterocycles. The van der Waals surface area contributed by atoms with Gasteiger partial charge in [0.2, 0.25) is 0 Å². The number of fused-ring (bicyclic) bond motifs is 3. The second-order valence-electron chi connectivity index (χ2n) is 16.8. The van der Waals surface area contributed by atoms with Gasteiger partial charge in [0.25, 0.3) is 0 Å². The van der Waals surface area contributed by atoms with Gasteiger partial charge in [-0.05, 0) is 126 Å². The van der Waals surface area contributed by atoms with Gasteiger partial charge in [0.15, 0.2) is 5.82 Å². The van der Waals surface area contributed by atoms with Crippen LogP contribution in [0.4, 0.5) is 17.1 Å². The molecule has 0 unspecified atom stereocenters. The first kappa shape index (κ1) is 39.5. The zero-order chi connectivity index (χ0) is 43.9. The summed E-state index contributed by atoms with van der Waals surface area (Å²) in [6, 6.07) is 80.2. The molecule has 0 aliphatic rings. The third kappa shape index (κ3) is 7.45. The SMILES string of the molecule is Cc1cc(-c2ccc(-c3cc(-c4ccccc4C)nc(-c4ccccc4C)n3)cc2)ccc1-c1ccc(-n2c3ccccc3c3cc(N(c4ccccc4)c4ccccc4)ccc32)cc1. The number of aryl methyl sites for hydroxylation is 3. The number of para-hydroxylation sites is 3. The van der Waals surface area contributed by atoms with Gasteiger partial charge in [-0.2, -0.15) is 0 Å². The van der Waals surface area contributed by atoms with Gasteiger partial charge in [-0.15, -0.1) is 0 Å². The first-order valence-corrected chi connectivity index (χ1v) is 22.2. The molecule has 0 fully saturated rings. The smallest absolute Gasteiger partial charge is 0.160 e. The van der Waals surface area contributed by atoms with Crippen LogP contribution in [0.3, 0.4) is 0 Å². The predicted molar refractivity (Wildman–Crippen MR) is 272 cm³/mol. The Kier molecular flexibility index (Phi) is 10.2. The molecule has 0 radical (unpaired) electrons. The Bertz CT molecular complexity index is 3390. The lowest BCUT2D eigenvalue weighted by atomic mass is 9.95. The van der Waals surface area contributed by atoms with Crippen LogP contribution in [0.2, 0.25) is 0 Å².